The van der Waals surface area contributed by atoms with E-state index in [0.717, 1.165) is 30.3 Å². The second kappa shape index (κ2) is 5.64. The molecule has 0 heterocycles. The molecular formula is C14H10F3NO2. The van der Waals surface area contributed by atoms with Crippen LogP contribution in [0.1, 0.15) is 11.6 Å². The molecule has 20 heavy (non-hydrogen) atoms. The molecule has 2 rings (SSSR count). The van der Waals surface area contributed by atoms with Crippen molar-refractivity contribution in [1.82, 2.24) is 0 Å². The first-order chi connectivity index (χ1) is 9.47. The van der Waals surface area contributed by atoms with E-state index in [0.29, 0.717) is 0 Å². The van der Waals surface area contributed by atoms with Gasteiger partial charge in [0.1, 0.15) is 17.5 Å². The Hall–Kier alpha value is -2.50. The van der Waals surface area contributed by atoms with Crippen LogP contribution in [-0.2, 0) is 4.79 Å². The number of hydrogen-bond acceptors (Lipinski definition) is 2. The third kappa shape index (κ3) is 3.09. The number of carboxylic acid groups (broad SMARTS) is 1. The number of hydrogen-bond donors (Lipinski definition) is 2. The molecule has 0 radical (unpaired) electrons. The number of halogens is 3. The molecule has 6 heteroatoms. The molecule has 2 N–H and O–H groups in total. The topological polar surface area (TPSA) is 49.3 Å². The minimum Gasteiger partial charge on any atom is -0.479 e. The van der Waals surface area contributed by atoms with Gasteiger partial charge in [-0.2, -0.15) is 0 Å². The van der Waals surface area contributed by atoms with Crippen LogP contribution in [0.5, 0.6) is 0 Å². The quantitative estimate of drug-likeness (QED) is 0.903. The predicted molar refractivity (Wildman–Crippen MR) is 66.8 cm³/mol. The molecule has 0 aliphatic heterocycles. The first kappa shape index (κ1) is 13.9. The van der Waals surface area contributed by atoms with E-state index < -0.39 is 29.5 Å². The molecule has 0 saturated carbocycles. The lowest BCUT2D eigenvalue weighted by molar-refractivity contribution is -0.138. The highest BCUT2D eigenvalue weighted by Crippen LogP contribution is 2.23. The molecule has 104 valence electrons. The highest BCUT2D eigenvalue weighted by atomic mass is 19.1. The normalized spacial score (nSPS) is 11.9. The van der Waals surface area contributed by atoms with Crippen molar-refractivity contribution in [3.8, 4) is 0 Å². The van der Waals surface area contributed by atoms with Gasteiger partial charge in [-0.15, -0.1) is 0 Å². The van der Waals surface area contributed by atoms with Gasteiger partial charge in [-0.25, -0.2) is 18.0 Å². The second-order valence-corrected chi connectivity index (χ2v) is 4.09. The van der Waals surface area contributed by atoms with Crippen LogP contribution in [0.4, 0.5) is 18.9 Å². The van der Waals surface area contributed by atoms with Gasteiger partial charge < -0.3 is 10.4 Å². The minimum atomic E-state index is -1.48. The molecule has 0 aliphatic carbocycles. The summed E-state index contributed by atoms with van der Waals surface area (Å²) in [6.45, 7) is 0. The Morgan fingerprint density at radius 1 is 1.00 bits per heavy atom. The van der Waals surface area contributed by atoms with Crippen molar-refractivity contribution >= 4 is 11.7 Å². The maximum Gasteiger partial charge on any atom is 0.330 e. The molecule has 2 aromatic rings. The summed E-state index contributed by atoms with van der Waals surface area (Å²) in [5.74, 6) is -3.44. The Morgan fingerprint density at radius 2 is 1.60 bits per heavy atom. The largest absolute Gasteiger partial charge is 0.479 e. The van der Waals surface area contributed by atoms with Gasteiger partial charge in [0.25, 0.3) is 0 Å². The van der Waals surface area contributed by atoms with Crippen LogP contribution in [0.25, 0.3) is 0 Å². The lowest BCUT2D eigenvalue weighted by Crippen LogP contribution is -2.21. The first-order valence-electron chi connectivity index (χ1n) is 5.67. The molecule has 0 saturated heterocycles. The van der Waals surface area contributed by atoms with Gasteiger partial charge in [0.05, 0.1) is 0 Å². The Bertz CT molecular complexity index is 629. The van der Waals surface area contributed by atoms with E-state index in [1.165, 1.54) is 12.1 Å². The van der Waals surface area contributed by atoms with Crippen molar-refractivity contribution in [2.24, 2.45) is 0 Å². The van der Waals surface area contributed by atoms with Gasteiger partial charge in [-0.05, 0) is 42.5 Å². The van der Waals surface area contributed by atoms with Gasteiger partial charge >= 0.3 is 5.97 Å². The van der Waals surface area contributed by atoms with E-state index >= 15 is 0 Å². The maximum absolute atomic E-state index is 13.6. The lowest BCUT2D eigenvalue weighted by atomic mass is 10.1. The summed E-state index contributed by atoms with van der Waals surface area (Å²) in [6.07, 6.45) is 0. The Morgan fingerprint density at radius 3 is 2.20 bits per heavy atom. The molecule has 3 nitrogen and oxygen atoms in total. The fraction of sp³-hybridized carbons (Fsp3) is 0.0714. The number of nitrogens with one attached hydrogen (secondary N) is 1. The smallest absolute Gasteiger partial charge is 0.330 e. The van der Waals surface area contributed by atoms with E-state index in [1.54, 1.807) is 0 Å². The van der Waals surface area contributed by atoms with Gasteiger partial charge in [0, 0.05) is 11.3 Å². The summed E-state index contributed by atoms with van der Waals surface area (Å²) in [5.41, 5.74) is -0.0516. The number of benzene rings is 2. The van der Waals surface area contributed by atoms with Crippen LogP contribution in [0.2, 0.25) is 0 Å². The zero-order valence-electron chi connectivity index (χ0n) is 10.1. The summed E-state index contributed by atoms with van der Waals surface area (Å²) in [7, 11) is 0. The number of anilines is 1. The van der Waals surface area contributed by atoms with Crippen molar-refractivity contribution in [3.63, 3.8) is 0 Å². The van der Waals surface area contributed by atoms with Crippen molar-refractivity contribution in [3.05, 3.63) is 65.5 Å². The molecule has 0 spiro atoms. The van der Waals surface area contributed by atoms with Crippen LogP contribution >= 0.6 is 0 Å². The summed E-state index contributed by atoms with van der Waals surface area (Å²) >= 11 is 0. The van der Waals surface area contributed by atoms with Crippen molar-refractivity contribution < 1.29 is 23.1 Å². The SMILES string of the molecule is O=C(O)C(Nc1ccc(F)cc1)c1cc(F)ccc1F. The number of aliphatic carboxylic acids is 1. The lowest BCUT2D eigenvalue weighted by Gasteiger charge is -2.17. The predicted octanol–water partition coefficient (Wildman–Crippen LogP) is 3.34. The van der Waals surface area contributed by atoms with Crippen LogP contribution < -0.4 is 5.32 Å². The molecule has 0 amide bonds. The molecule has 2 aromatic carbocycles. The third-order valence-electron chi connectivity index (χ3n) is 2.67. The molecular weight excluding hydrogens is 271 g/mol. The van der Waals surface area contributed by atoms with Gasteiger partial charge in [-0.1, -0.05) is 0 Å². The molecule has 1 unspecified atom stereocenters. The summed E-state index contributed by atoms with van der Waals surface area (Å²) < 4.78 is 39.5. The van der Waals surface area contributed by atoms with Gasteiger partial charge in [0.15, 0.2) is 6.04 Å². The Kier molecular flexibility index (Phi) is 3.93. The zero-order chi connectivity index (χ0) is 14.7. The van der Waals surface area contributed by atoms with Gasteiger partial charge in [-0.3, -0.25) is 0 Å². The first-order valence-corrected chi connectivity index (χ1v) is 5.67. The van der Waals surface area contributed by atoms with E-state index in [-0.39, 0.29) is 11.3 Å². The molecule has 0 aromatic heterocycles. The zero-order valence-corrected chi connectivity index (χ0v) is 10.1. The fourth-order valence-corrected chi connectivity index (χ4v) is 1.72. The Balaban J connectivity index is 2.34. The molecule has 1 atom stereocenters. The van der Waals surface area contributed by atoms with Crippen molar-refractivity contribution in [1.29, 1.82) is 0 Å². The van der Waals surface area contributed by atoms with Crippen LogP contribution in [0.15, 0.2) is 42.5 Å². The van der Waals surface area contributed by atoms with E-state index in [4.69, 9.17) is 5.11 Å². The second-order valence-electron chi connectivity index (χ2n) is 4.09. The summed E-state index contributed by atoms with van der Waals surface area (Å²) in [5, 5.41) is 11.6. The van der Waals surface area contributed by atoms with Gasteiger partial charge in [0.2, 0.25) is 0 Å². The average molecular weight is 281 g/mol. The number of rotatable bonds is 4. The number of carbonyl (C=O) groups is 1. The molecule has 0 fully saturated rings. The van der Waals surface area contributed by atoms with E-state index in [9.17, 15) is 18.0 Å². The highest BCUT2D eigenvalue weighted by molar-refractivity contribution is 5.79. The summed E-state index contributed by atoms with van der Waals surface area (Å²) in [4.78, 5) is 11.2. The molecule has 0 aliphatic rings. The molecule has 0 bridgehead atoms. The van der Waals surface area contributed by atoms with Crippen molar-refractivity contribution in [2.45, 2.75) is 6.04 Å². The van der Waals surface area contributed by atoms with Crippen LogP contribution in [0, 0.1) is 17.5 Å². The summed E-state index contributed by atoms with van der Waals surface area (Å²) in [6, 6.07) is 5.96. The van der Waals surface area contributed by atoms with E-state index in [1.807, 2.05) is 0 Å². The standard InChI is InChI=1S/C14H10F3NO2/c15-8-1-4-10(5-2-8)18-13(14(19)20)11-7-9(16)3-6-12(11)17/h1-7,13,18H,(H,19,20). The fourth-order valence-electron chi connectivity index (χ4n) is 1.72. The average Bonchev–Trinajstić information content (AvgIpc) is 2.41. The highest BCUT2D eigenvalue weighted by Gasteiger charge is 2.23. The van der Waals surface area contributed by atoms with Crippen LogP contribution in [-0.4, -0.2) is 11.1 Å². The van der Waals surface area contributed by atoms with E-state index in [2.05, 4.69) is 5.32 Å². The third-order valence-corrected chi connectivity index (χ3v) is 2.67. The monoisotopic (exact) mass is 281 g/mol. The maximum atomic E-state index is 13.6. The van der Waals surface area contributed by atoms with Crippen LogP contribution in [0.3, 0.4) is 0 Å². The Labute approximate surface area is 112 Å². The van der Waals surface area contributed by atoms with Crippen molar-refractivity contribution in [2.75, 3.05) is 5.32 Å². The number of carboxylic acids is 1. The minimum absolute atomic E-state index is 0.280.